The molecule has 7 nitrogen and oxygen atoms in total. The van der Waals surface area contributed by atoms with Gasteiger partial charge >= 0.3 is 0 Å². The molecule has 27 heavy (non-hydrogen) atoms. The molecule has 1 N–H and O–H groups in total. The van der Waals surface area contributed by atoms with E-state index in [1.807, 2.05) is 18.2 Å². The van der Waals surface area contributed by atoms with E-state index >= 15 is 0 Å². The van der Waals surface area contributed by atoms with Crippen molar-refractivity contribution in [2.24, 2.45) is 0 Å². The third-order valence-corrected chi connectivity index (χ3v) is 6.06. The molecular formula is C19H22N2O5S. The molecule has 1 fully saturated rings. The van der Waals surface area contributed by atoms with Crippen molar-refractivity contribution in [2.45, 2.75) is 18.0 Å². The molecule has 2 aliphatic rings. The lowest BCUT2D eigenvalue weighted by atomic mass is 10.2. The van der Waals surface area contributed by atoms with Crippen LogP contribution in [0, 0.1) is 0 Å². The van der Waals surface area contributed by atoms with Gasteiger partial charge in [0, 0.05) is 26.2 Å². The van der Waals surface area contributed by atoms with E-state index in [1.165, 1.54) is 0 Å². The molecule has 0 saturated carbocycles. The zero-order valence-electron chi connectivity index (χ0n) is 14.9. The van der Waals surface area contributed by atoms with E-state index in [4.69, 9.17) is 14.2 Å². The number of ether oxygens (including phenoxy) is 3. The molecule has 0 radical (unpaired) electrons. The van der Waals surface area contributed by atoms with Crippen molar-refractivity contribution >= 4 is 10.0 Å². The van der Waals surface area contributed by atoms with Gasteiger partial charge in [0.05, 0.1) is 18.1 Å². The molecule has 2 heterocycles. The van der Waals surface area contributed by atoms with Crippen LogP contribution in [0.2, 0.25) is 0 Å². The van der Waals surface area contributed by atoms with Gasteiger partial charge in [0.1, 0.15) is 0 Å². The SMILES string of the molecule is O=S(=O)(NCc1ccc2c(c1)OCO2)c1ccc(CN2CCOCC2)cc1. The van der Waals surface area contributed by atoms with Gasteiger partial charge in [-0.2, -0.15) is 0 Å². The lowest BCUT2D eigenvalue weighted by Crippen LogP contribution is -2.35. The predicted octanol–water partition coefficient (Wildman–Crippen LogP) is 1.73. The monoisotopic (exact) mass is 390 g/mol. The molecule has 1 saturated heterocycles. The van der Waals surface area contributed by atoms with Crippen LogP contribution in [0.1, 0.15) is 11.1 Å². The zero-order chi connectivity index (χ0) is 18.7. The number of nitrogens with zero attached hydrogens (tertiary/aromatic N) is 1. The number of hydrogen-bond donors (Lipinski definition) is 1. The van der Waals surface area contributed by atoms with Crippen LogP contribution in [0.4, 0.5) is 0 Å². The minimum absolute atomic E-state index is 0.189. The summed E-state index contributed by atoms with van der Waals surface area (Å²) in [7, 11) is -3.58. The van der Waals surface area contributed by atoms with Crippen molar-refractivity contribution in [3.63, 3.8) is 0 Å². The maximum Gasteiger partial charge on any atom is 0.240 e. The van der Waals surface area contributed by atoms with Gasteiger partial charge in [-0.25, -0.2) is 13.1 Å². The van der Waals surface area contributed by atoms with E-state index in [0.29, 0.717) is 11.5 Å². The first-order valence-corrected chi connectivity index (χ1v) is 10.4. The van der Waals surface area contributed by atoms with Crippen LogP contribution in [-0.2, 0) is 27.8 Å². The highest BCUT2D eigenvalue weighted by Crippen LogP contribution is 2.32. The molecule has 2 aromatic carbocycles. The van der Waals surface area contributed by atoms with E-state index in [0.717, 1.165) is 44.0 Å². The predicted molar refractivity (Wildman–Crippen MR) is 99.1 cm³/mol. The van der Waals surface area contributed by atoms with E-state index < -0.39 is 10.0 Å². The van der Waals surface area contributed by atoms with Gasteiger partial charge in [-0.3, -0.25) is 4.90 Å². The number of morpholine rings is 1. The Morgan fingerprint density at radius 1 is 0.926 bits per heavy atom. The van der Waals surface area contributed by atoms with E-state index in [1.54, 1.807) is 24.3 Å². The van der Waals surface area contributed by atoms with Gasteiger partial charge in [-0.1, -0.05) is 18.2 Å². The van der Waals surface area contributed by atoms with Gasteiger partial charge in [0.15, 0.2) is 11.5 Å². The molecule has 4 rings (SSSR count). The molecule has 0 aromatic heterocycles. The number of fused-ring (bicyclic) bond motifs is 1. The fourth-order valence-electron chi connectivity index (χ4n) is 3.10. The quantitative estimate of drug-likeness (QED) is 0.810. The molecule has 0 bridgehead atoms. The van der Waals surface area contributed by atoms with Crippen molar-refractivity contribution in [2.75, 3.05) is 33.1 Å². The van der Waals surface area contributed by atoms with Crippen LogP contribution >= 0.6 is 0 Å². The van der Waals surface area contributed by atoms with Gasteiger partial charge in [0.25, 0.3) is 0 Å². The number of rotatable bonds is 6. The molecule has 2 aromatic rings. The summed E-state index contributed by atoms with van der Waals surface area (Å²) in [4.78, 5) is 2.55. The third kappa shape index (κ3) is 4.41. The number of nitrogens with one attached hydrogen (secondary N) is 1. The number of hydrogen-bond acceptors (Lipinski definition) is 6. The molecule has 2 aliphatic heterocycles. The molecule has 0 spiro atoms. The fourth-order valence-corrected chi connectivity index (χ4v) is 4.12. The summed E-state index contributed by atoms with van der Waals surface area (Å²) < 4.78 is 43.7. The van der Waals surface area contributed by atoms with Gasteiger partial charge < -0.3 is 14.2 Å². The highest BCUT2D eigenvalue weighted by Gasteiger charge is 2.17. The lowest BCUT2D eigenvalue weighted by Gasteiger charge is -2.26. The minimum Gasteiger partial charge on any atom is -0.454 e. The van der Waals surface area contributed by atoms with Crippen LogP contribution in [0.15, 0.2) is 47.4 Å². The van der Waals surface area contributed by atoms with Crippen LogP contribution in [-0.4, -0.2) is 46.4 Å². The minimum atomic E-state index is -3.58. The standard InChI is InChI=1S/C19H22N2O5S/c22-27(23,20-12-16-3-6-18-19(11-16)26-14-25-18)17-4-1-15(2-5-17)13-21-7-9-24-10-8-21/h1-6,11,20H,7-10,12-14H2. The fraction of sp³-hybridized carbons (Fsp3) is 0.368. The Morgan fingerprint density at radius 3 is 2.41 bits per heavy atom. The maximum atomic E-state index is 12.5. The molecule has 144 valence electrons. The molecule has 0 aliphatic carbocycles. The van der Waals surface area contributed by atoms with Gasteiger partial charge in [-0.15, -0.1) is 0 Å². The highest BCUT2D eigenvalue weighted by molar-refractivity contribution is 7.89. The average Bonchev–Trinajstić information content (AvgIpc) is 3.16. The summed E-state index contributed by atoms with van der Waals surface area (Å²) in [6.07, 6.45) is 0. The van der Waals surface area contributed by atoms with Crippen LogP contribution in [0.3, 0.4) is 0 Å². The summed E-state index contributed by atoms with van der Waals surface area (Å²) in [6.45, 7) is 4.48. The smallest absolute Gasteiger partial charge is 0.240 e. The number of benzene rings is 2. The topological polar surface area (TPSA) is 77.1 Å². The third-order valence-electron chi connectivity index (χ3n) is 4.65. The molecule has 8 heteroatoms. The van der Waals surface area contributed by atoms with Crippen molar-refractivity contribution in [1.29, 1.82) is 0 Å². The van der Waals surface area contributed by atoms with E-state index in [-0.39, 0.29) is 18.2 Å². The summed E-state index contributed by atoms with van der Waals surface area (Å²) >= 11 is 0. The van der Waals surface area contributed by atoms with Crippen molar-refractivity contribution in [3.05, 3.63) is 53.6 Å². The summed E-state index contributed by atoms with van der Waals surface area (Å²) in [6, 6.07) is 12.4. The maximum absolute atomic E-state index is 12.5. The summed E-state index contributed by atoms with van der Waals surface area (Å²) in [5.41, 5.74) is 1.90. The van der Waals surface area contributed by atoms with Crippen molar-refractivity contribution in [3.8, 4) is 11.5 Å². The highest BCUT2D eigenvalue weighted by atomic mass is 32.2. The second-order valence-corrected chi connectivity index (χ2v) is 8.31. The Labute approximate surface area is 158 Å². The first-order valence-electron chi connectivity index (χ1n) is 8.87. The Bertz CT molecular complexity index is 893. The molecule has 0 atom stereocenters. The van der Waals surface area contributed by atoms with Crippen molar-refractivity contribution < 1.29 is 22.6 Å². The first kappa shape index (κ1) is 18.2. The molecule has 0 amide bonds. The Kier molecular flexibility index (Phi) is 5.31. The zero-order valence-corrected chi connectivity index (χ0v) is 15.7. The lowest BCUT2D eigenvalue weighted by molar-refractivity contribution is 0.0342. The van der Waals surface area contributed by atoms with Crippen LogP contribution < -0.4 is 14.2 Å². The van der Waals surface area contributed by atoms with Crippen LogP contribution in [0.5, 0.6) is 11.5 Å². The molecule has 0 unspecified atom stereocenters. The first-order chi connectivity index (χ1) is 13.1. The Balaban J connectivity index is 1.38. The number of sulfonamides is 1. The summed E-state index contributed by atoms with van der Waals surface area (Å²) in [5.74, 6) is 1.32. The normalized spacial score (nSPS) is 17.2. The second kappa shape index (κ2) is 7.85. The second-order valence-electron chi connectivity index (χ2n) is 6.54. The van der Waals surface area contributed by atoms with E-state index in [2.05, 4.69) is 9.62 Å². The van der Waals surface area contributed by atoms with Gasteiger partial charge in [0.2, 0.25) is 16.8 Å². The average molecular weight is 390 g/mol. The van der Waals surface area contributed by atoms with Gasteiger partial charge in [-0.05, 0) is 35.4 Å². The summed E-state index contributed by atoms with van der Waals surface area (Å²) in [5, 5.41) is 0. The molecular weight excluding hydrogens is 368 g/mol. The largest absolute Gasteiger partial charge is 0.454 e. The Hall–Kier alpha value is -2.13. The van der Waals surface area contributed by atoms with Crippen LogP contribution in [0.25, 0.3) is 0 Å². The van der Waals surface area contributed by atoms with E-state index in [9.17, 15) is 8.42 Å². The van der Waals surface area contributed by atoms with Crippen molar-refractivity contribution in [1.82, 2.24) is 9.62 Å². The Morgan fingerprint density at radius 2 is 1.63 bits per heavy atom.